The third-order valence-corrected chi connectivity index (χ3v) is 5.56. The van der Waals surface area contributed by atoms with E-state index in [0.29, 0.717) is 23.6 Å². The minimum atomic E-state index is -3.68. The fourth-order valence-electron chi connectivity index (χ4n) is 2.56. The van der Waals surface area contributed by atoms with Crippen molar-refractivity contribution in [3.8, 4) is 0 Å². The van der Waals surface area contributed by atoms with Crippen LogP contribution in [-0.4, -0.2) is 13.4 Å². The maximum Gasteiger partial charge on any atom is 0.262 e. The summed E-state index contributed by atoms with van der Waals surface area (Å²) >= 11 is 0. The van der Waals surface area contributed by atoms with Gasteiger partial charge in [-0.1, -0.05) is 24.3 Å². The molecule has 7 heteroatoms. The molecule has 1 aromatic heterocycles. The molecule has 140 valence electrons. The van der Waals surface area contributed by atoms with Gasteiger partial charge in [0.25, 0.3) is 10.0 Å². The van der Waals surface area contributed by atoms with E-state index in [1.165, 1.54) is 18.3 Å². The van der Waals surface area contributed by atoms with E-state index in [1.807, 2.05) is 13.0 Å². The van der Waals surface area contributed by atoms with Crippen LogP contribution in [0, 0.1) is 19.7 Å². The predicted octanol–water partition coefficient (Wildman–Crippen LogP) is 4.25. The van der Waals surface area contributed by atoms with Gasteiger partial charge in [-0.25, -0.2) is 17.8 Å². The van der Waals surface area contributed by atoms with Gasteiger partial charge in [-0.15, -0.1) is 0 Å². The van der Waals surface area contributed by atoms with Gasteiger partial charge in [0.05, 0.1) is 16.8 Å². The zero-order valence-corrected chi connectivity index (χ0v) is 15.8. The number of hydrogen-bond acceptors (Lipinski definition) is 4. The van der Waals surface area contributed by atoms with Crippen LogP contribution in [0.3, 0.4) is 0 Å². The highest BCUT2D eigenvalue weighted by molar-refractivity contribution is 7.92. The topological polar surface area (TPSA) is 71.1 Å². The van der Waals surface area contributed by atoms with Crippen LogP contribution in [0.1, 0.15) is 16.7 Å². The molecular weight excluding hydrogens is 365 g/mol. The Hall–Kier alpha value is -2.93. The van der Waals surface area contributed by atoms with Crippen LogP contribution >= 0.6 is 0 Å². The second-order valence-corrected chi connectivity index (χ2v) is 7.94. The highest BCUT2D eigenvalue weighted by atomic mass is 32.2. The molecule has 3 rings (SSSR count). The van der Waals surface area contributed by atoms with Crippen molar-refractivity contribution in [3.05, 3.63) is 83.3 Å². The molecule has 1 heterocycles. The Balaban J connectivity index is 1.68. The molecular formula is C20H20FN3O2S. The first-order valence-corrected chi connectivity index (χ1v) is 9.86. The predicted molar refractivity (Wildman–Crippen MR) is 105 cm³/mol. The summed E-state index contributed by atoms with van der Waals surface area (Å²) in [6.45, 7) is 4.09. The number of anilines is 2. The lowest BCUT2D eigenvalue weighted by Gasteiger charge is -2.12. The van der Waals surface area contributed by atoms with Gasteiger partial charge in [0.15, 0.2) is 0 Å². The lowest BCUT2D eigenvalue weighted by Crippen LogP contribution is -2.14. The molecule has 0 saturated heterocycles. The summed E-state index contributed by atoms with van der Waals surface area (Å²) in [6, 6.07) is 14.8. The maximum absolute atomic E-state index is 12.9. The van der Waals surface area contributed by atoms with Crippen molar-refractivity contribution in [2.45, 2.75) is 25.3 Å². The summed E-state index contributed by atoms with van der Waals surface area (Å²) < 4.78 is 40.7. The summed E-state index contributed by atoms with van der Waals surface area (Å²) in [4.78, 5) is 4.47. The summed E-state index contributed by atoms with van der Waals surface area (Å²) in [7, 11) is -3.68. The smallest absolute Gasteiger partial charge is 0.262 e. The Bertz CT molecular complexity index is 1030. The van der Waals surface area contributed by atoms with Crippen molar-refractivity contribution in [3.63, 3.8) is 0 Å². The van der Waals surface area contributed by atoms with Crippen molar-refractivity contribution in [2.75, 3.05) is 10.0 Å². The first-order chi connectivity index (χ1) is 12.8. The van der Waals surface area contributed by atoms with Crippen molar-refractivity contribution in [1.82, 2.24) is 4.98 Å². The number of halogens is 1. The molecule has 0 aliphatic heterocycles. The van der Waals surface area contributed by atoms with Crippen molar-refractivity contribution in [1.29, 1.82) is 0 Å². The molecule has 0 fully saturated rings. The van der Waals surface area contributed by atoms with Gasteiger partial charge in [-0.2, -0.15) is 0 Å². The fourth-order valence-corrected chi connectivity index (χ4v) is 3.93. The molecule has 27 heavy (non-hydrogen) atoms. The Morgan fingerprint density at radius 2 is 1.74 bits per heavy atom. The van der Waals surface area contributed by atoms with Crippen LogP contribution in [0.2, 0.25) is 0 Å². The minimum absolute atomic E-state index is 0.251. The Morgan fingerprint density at radius 1 is 1.00 bits per heavy atom. The summed E-state index contributed by atoms with van der Waals surface area (Å²) in [5.74, 6) is 0.311. The average Bonchev–Trinajstić information content (AvgIpc) is 2.64. The first kappa shape index (κ1) is 18.8. The van der Waals surface area contributed by atoms with Crippen LogP contribution in [0.4, 0.5) is 15.9 Å². The molecule has 2 N–H and O–H groups in total. The Kier molecular flexibility index (Phi) is 5.41. The fraction of sp³-hybridized carbons (Fsp3) is 0.150. The lowest BCUT2D eigenvalue weighted by atomic mass is 10.2. The molecule has 0 radical (unpaired) electrons. The Morgan fingerprint density at radius 3 is 2.41 bits per heavy atom. The van der Waals surface area contributed by atoms with Crippen LogP contribution < -0.4 is 10.0 Å². The van der Waals surface area contributed by atoms with E-state index in [0.717, 1.165) is 11.1 Å². The van der Waals surface area contributed by atoms with Crippen LogP contribution in [0.5, 0.6) is 0 Å². The van der Waals surface area contributed by atoms with Crippen molar-refractivity contribution < 1.29 is 12.8 Å². The van der Waals surface area contributed by atoms with E-state index >= 15 is 0 Å². The number of sulfonamides is 1. The molecule has 0 unspecified atom stereocenters. The molecule has 0 saturated carbocycles. The zero-order chi connectivity index (χ0) is 19.4. The standard InChI is InChI=1S/C20H20FN3O2S/c1-14-3-4-15(2)19(11-14)27(25,26)24-18-9-10-20(23-13-18)22-12-16-5-7-17(21)8-6-16/h3-11,13,24H,12H2,1-2H3,(H,22,23). The monoisotopic (exact) mass is 385 g/mol. The molecule has 0 aliphatic rings. The number of pyridine rings is 1. The van der Waals surface area contributed by atoms with Gasteiger partial charge in [0.2, 0.25) is 0 Å². The first-order valence-electron chi connectivity index (χ1n) is 8.38. The number of aryl methyl sites for hydroxylation is 2. The molecule has 0 atom stereocenters. The number of rotatable bonds is 6. The SMILES string of the molecule is Cc1ccc(C)c(S(=O)(=O)Nc2ccc(NCc3ccc(F)cc3)nc2)c1. The number of nitrogens with one attached hydrogen (secondary N) is 2. The quantitative estimate of drug-likeness (QED) is 0.665. The summed E-state index contributed by atoms with van der Waals surface area (Å²) in [6.07, 6.45) is 1.45. The van der Waals surface area contributed by atoms with Crippen LogP contribution in [-0.2, 0) is 16.6 Å². The summed E-state index contributed by atoms with van der Waals surface area (Å²) in [5, 5.41) is 3.11. The second-order valence-electron chi connectivity index (χ2n) is 6.29. The Labute approximate surface area is 158 Å². The van der Waals surface area contributed by atoms with Gasteiger partial charge in [-0.05, 0) is 60.9 Å². The molecule has 2 aromatic carbocycles. The van der Waals surface area contributed by atoms with E-state index in [4.69, 9.17) is 0 Å². The number of benzene rings is 2. The normalized spacial score (nSPS) is 11.2. The van der Waals surface area contributed by atoms with Gasteiger partial charge >= 0.3 is 0 Å². The molecule has 0 spiro atoms. The zero-order valence-electron chi connectivity index (χ0n) is 15.0. The lowest BCUT2D eigenvalue weighted by molar-refractivity contribution is 0.600. The molecule has 5 nitrogen and oxygen atoms in total. The maximum atomic E-state index is 12.9. The highest BCUT2D eigenvalue weighted by Crippen LogP contribution is 2.21. The highest BCUT2D eigenvalue weighted by Gasteiger charge is 2.17. The van der Waals surface area contributed by atoms with E-state index in [9.17, 15) is 12.8 Å². The van der Waals surface area contributed by atoms with Gasteiger partial charge in [0, 0.05) is 6.54 Å². The third-order valence-electron chi connectivity index (χ3n) is 4.04. The van der Waals surface area contributed by atoms with Gasteiger partial charge < -0.3 is 5.32 Å². The average molecular weight is 385 g/mol. The van der Waals surface area contributed by atoms with Crippen molar-refractivity contribution in [2.24, 2.45) is 0 Å². The number of hydrogen-bond donors (Lipinski definition) is 2. The molecule has 3 aromatic rings. The van der Waals surface area contributed by atoms with E-state index in [-0.39, 0.29) is 10.7 Å². The second kappa shape index (κ2) is 7.75. The van der Waals surface area contributed by atoms with Crippen LogP contribution in [0.25, 0.3) is 0 Å². The van der Waals surface area contributed by atoms with E-state index in [1.54, 1.807) is 43.3 Å². The number of nitrogens with zero attached hydrogens (tertiary/aromatic N) is 1. The molecule has 0 amide bonds. The minimum Gasteiger partial charge on any atom is -0.366 e. The van der Waals surface area contributed by atoms with Crippen LogP contribution in [0.15, 0.2) is 65.7 Å². The number of aromatic nitrogens is 1. The summed E-state index contributed by atoms with van der Waals surface area (Å²) in [5.41, 5.74) is 2.85. The largest absolute Gasteiger partial charge is 0.366 e. The van der Waals surface area contributed by atoms with Gasteiger partial charge in [0.1, 0.15) is 11.6 Å². The molecule has 0 bridgehead atoms. The molecule has 0 aliphatic carbocycles. The third kappa shape index (κ3) is 4.83. The van der Waals surface area contributed by atoms with Crippen molar-refractivity contribution >= 4 is 21.5 Å². The van der Waals surface area contributed by atoms with E-state index < -0.39 is 10.0 Å². The van der Waals surface area contributed by atoms with Gasteiger partial charge in [-0.3, -0.25) is 4.72 Å². The van der Waals surface area contributed by atoms with E-state index in [2.05, 4.69) is 15.0 Å².